The second kappa shape index (κ2) is 4.64. The summed E-state index contributed by atoms with van der Waals surface area (Å²) in [6, 6.07) is 0. The molecule has 0 unspecified atom stereocenters. The van der Waals surface area contributed by atoms with E-state index in [0.717, 1.165) is 19.3 Å². The molecule has 0 aromatic carbocycles. The molecule has 0 aliphatic heterocycles. The maximum atomic E-state index is 11.7. The summed E-state index contributed by atoms with van der Waals surface area (Å²) in [4.78, 5) is 22.3. The van der Waals surface area contributed by atoms with Crippen LogP contribution in [0, 0.1) is 5.92 Å². The number of carbonyl (C=O) groups excluding carboxylic acids is 1. The molecule has 0 aromatic rings. The first-order valence-corrected chi connectivity index (χ1v) is 5.50. The SMILES string of the molecule is CC[C@@](C)(CC(=O)O)NC(=O)C1CCC1. The maximum absolute atomic E-state index is 11.7. The smallest absolute Gasteiger partial charge is 0.305 e. The molecule has 15 heavy (non-hydrogen) atoms. The van der Waals surface area contributed by atoms with Gasteiger partial charge in [-0.3, -0.25) is 9.59 Å². The minimum atomic E-state index is -0.867. The van der Waals surface area contributed by atoms with Crippen molar-refractivity contribution in [3.05, 3.63) is 0 Å². The van der Waals surface area contributed by atoms with Crippen LogP contribution in [0.5, 0.6) is 0 Å². The Kier molecular flexibility index (Phi) is 3.72. The predicted octanol–water partition coefficient (Wildman–Crippen LogP) is 1.55. The zero-order chi connectivity index (χ0) is 11.5. The van der Waals surface area contributed by atoms with Crippen LogP contribution in [0.15, 0.2) is 0 Å². The molecule has 86 valence electrons. The van der Waals surface area contributed by atoms with E-state index in [9.17, 15) is 9.59 Å². The van der Waals surface area contributed by atoms with Crippen LogP contribution >= 0.6 is 0 Å². The lowest BCUT2D eigenvalue weighted by atomic mass is 9.83. The van der Waals surface area contributed by atoms with Crippen molar-refractivity contribution in [3.8, 4) is 0 Å². The highest BCUT2D eigenvalue weighted by molar-refractivity contribution is 5.81. The molecule has 0 spiro atoms. The molecule has 0 heterocycles. The van der Waals surface area contributed by atoms with E-state index in [0.29, 0.717) is 6.42 Å². The summed E-state index contributed by atoms with van der Waals surface area (Å²) in [5, 5.41) is 11.6. The highest BCUT2D eigenvalue weighted by atomic mass is 16.4. The van der Waals surface area contributed by atoms with Crippen LogP contribution in [-0.4, -0.2) is 22.5 Å². The van der Waals surface area contributed by atoms with Crippen LogP contribution in [-0.2, 0) is 9.59 Å². The van der Waals surface area contributed by atoms with Gasteiger partial charge in [-0.2, -0.15) is 0 Å². The number of amides is 1. The lowest BCUT2D eigenvalue weighted by Gasteiger charge is -2.32. The number of hydrogen-bond acceptors (Lipinski definition) is 2. The number of carboxylic acid groups (broad SMARTS) is 1. The van der Waals surface area contributed by atoms with Gasteiger partial charge in [-0.1, -0.05) is 13.3 Å². The molecular formula is C11H19NO3. The average molecular weight is 213 g/mol. The molecule has 1 aliphatic rings. The Morgan fingerprint density at radius 3 is 2.40 bits per heavy atom. The van der Waals surface area contributed by atoms with E-state index in [1.54, 1.807) is 6.92 Å². The van der Waals surface area contributed by atoms with E-state index in [2.05, 4.69) is 5.32 Å². The van der Waals surface area contributed by atoms with Gasteiger partial charge in [0.05, 0.1) is 6.42 Å². The lowest BCUT2D eigenvalue weighted by Crippen LogP contribution is -2.50. The van der Waals surface area contributed by atoms with Crippen molar-refractivity contribution in [1.29, 1.82) is 0 Å². The van der Waals surface area contributed by atoms with E-state index in [1.807, 2.05) is 6.92 Å². The largest absolute Gasteiger partial charge is 0.481 e. The maximum Gasteiger partial charge on any atom is 0.305 e. The molecule has 4 heteroatoms. The van der Waals surface area contributed by atoms with Crippen molar-refractivity contribution < 1.29 is 14.7 Å². The minimum Gasteiger partial charge on any atom is -0.481 e. The minimum absolute atomic E-state index is 0.0119. The van der Waals surface area contributed by atoms with Crippen molar-refractivity contribution in [2.24, 2.45) is 5.92 Å². The van der Waals surface area contributed by atoms with E-state index < -0.39 is 11.5 Å². The summed E-state index contributed by atoms with van der Waals surface area (Å²) in [5.74, 6) is -0.732. The number of carbonyl (C=O) groups is 2. The van der Waals surface area contributed by atoms with Gasteiger partial charge in [0.25, 0.3) is 0 Å². The van der Waals surface area contributed by atoms with Crippen molar-refractivity contribution in [2.45, 2.75) is 51.5 Å². The first kappa shape index (κ1) is 12.0. The van der Waals surface area contributed by atoms with Crippen LogP contribution in [0.1, 0.15) is 46.0 Å². The van der Waals surface area contributed by atoms with Gasteiger partial charge >= 0.3 is 5.97 Å². The number of nitrogens with one attached hydrogen (secondary N) is 1. The Labute approximate surface area is 90.0 Å². The Bertz CT molecular complexity index is 261. The van der Waals surface area contributed by atoms with E-state index in [4.69, 9.17) is 5.11 Å². The highest BCUT2D eigenvalue weighted by Crippen LogP contribution is 2.27. The van der Waals surface area contributed by atoms with Gasteiger partial charge in [-0.05, 0) is 26.2 Å². The van der Waals surface area contributed by atoms with E-state index in [1.165, 1.54) is 0 Å². The molecule has 2 N–H and O–H groups in total. The van der Waals surface area contributed by atoms with Gasteiger partial charge < -0.3 is 10.4 Å². The zero-order valence-electron chi connectivity index (χ0n) is 9.38. The van der Waals surface area contributed by atoms with Crippen LogP contribution < -0.4 is 5.32 Å². The van der Waals surface area contributed by atoms with Crippen molar-refractivity contribution in [1.82, 2.24) is 5.32 Å². The number of aliphatic carboxylic acids is 1. The molecule has 0 aromatic heterocycles. The number of carboxylic acids is 1. The van der Waals surface area contributed by atoms with Crippen LogP contribution in [0.25, 0.3) is 0 Å². The fraction of sp³-hybridized carbons (Fsp3) is 0.818. The molecule has 0 radical (unpaired) electrons. The molecule has 1 amide bonds. The molecular weight excluding hydrogens is 194 g/mol. The number of hydrogen-bond donors (Lipinski definition) is 2. The third-order valence-electron chi connectivity index (χ3n) is 3.22. The van der Waals surface area contributed by atoms with Crippen molar-refractivity contribution in [3.63, 3.8) is 0 Å². The Hall–Kier alpha value is -1.06. The van der Waals surface area contributed by atoms with Gasteiger partial charge in [0.1, 0.15) is 0 Å². The topological polar surface area (TPSA) is 66.4 Å². The molecule has 1 atom stereocenters. The van der Waals surface area contributed by atoms with Crippen LogP contribution in [0.4, 0.5) is 0 Å². The third kappa shape index (κ3) is 3.22. The molecule has 0 bridgehead atoms. The summed E-state index contributed by atoms with van der Waals surface area (Å²) < 4.78 is 0. The van der Waals surface area contributed by atoms with Crippen LogP contribution in [0.3, 0.4) is 0 Å². The molecule has 4 nitrogen and oxygen atoms in total. The molecule has 1 aliphatic carbocycles. The molecule has 1 saturated carbocycles. The Balaban J connectivity index is 2.50. The molecule has 1 fully saturated rings. The summed E-state index contributed by atoms with van der Waals surface area (Å²) >= 11 is 0. The van der Waals surface area contributed by atoms with Gasteiger partial charge in [0, 0.05) is 11.5 Å². The monoisotopic (exact) mass is 213 g/mol. The fourth-order valence-electron chi connectivity index (χ4n) is 1.66. The lowest BCUT2D eigenvalue weighted by molar-refractivity contribution is -0.139. The first-order valence-electron chi connectivity index (χ1n) is 5.50. The molecule has 0 saturated heterocycles. The summed E-state index contributed by atoms with van der Waals surface area (Å²) in [6.07, 6.45) is 3.62. The Morgan fingerprint density at radius 2 is 2.07 bits per heavy atom. The fourth-order valence-corrected chi connectivity index (χ4v) is 1.66. The van der Waals surface area contributed by atoms with Gasteiger partial charge in [0.15, 0.2) is 0 Å². The highest BCUT2D eigenvalue weighted by Gasteiger charge is 2.32. The Morgan fingerprint density at radius 1 is 1.47 bits per heavy atom. The number of rotatable bonds is 5. The van der Waals surface area contributed by atoms with Gasteiger partial charge in [-0.15, -0.1) is 0 Å². The van der Waals surface area contributed by atoms with Crippen molar-refractivity contribution in [2.75, 3.05) is 0 Å². The third-order valence-corrected chi connectivity index (χ3v) is 3.22. The van der Waals surface area contributed by atoms with E-state index >= 15 is 0 Å². The predicted molar refractivity (Wildman–Crippen MR) is 56.4 cm³/mol. The van der Waals surface area contributed by atoms with Crippen molar-refractivity contribution >= 4 is 11.9 Å². The second-order valence-electron chi connectivity index (χ2n) is 4.60. The quantitative estimate of drug-likeness (QED) is 0.728. The standard InChI is InChI=1S/C11H19NO3/c1-3-11(2,7-9(13)14)12-10(15)8-5-4-6-8/h8H,3-7H2,1-2H3,(H,12,15)(H,13,14)/t11-/m0/s1. The van der Waals surface area contributed by atoms with Gasteiger partial charge in [-0.25, -0.2) is 0 Å². The summed E-state index contributed by atoms with van der Waals surface area (Å²) in [7, 11) is 0. The van der Waals surface area contributed by atoms with E-state index in [-0.39, 0.29) is 18.2 Å². The summed E-state index contributed by atoms with van der Waals surface area (Å²) in [5.41, 5.74) is -0.599. The normalized spacial score (nSPS) is 20.1. The first-order chi connectivity index (χ1) is 6.97. The zero-order valence-corrected chi connectivity index (χ0v) is 9.38. The summed E-state index contributed by atoms with van der Waals surface area (Å²) in [6.45, 7) is 3.68. The van der Waals surface area contributed by atoms with Gasteiger partial charge in [0.2, 0.25) is 5.91 Å². The molecule has 1 rings (SSSR count). The van der Waals surface area contributed by atoms with Crippen LogP contribution in [0.2, 0.25) is 0 Å². The average Bonchev–Trinajstić information content (AvgIpc) is 1.98. The second-order valence-corrected chi connectivity index (χ2v) is 4.60.